The zero-order valence-electron chi connectivity index (χ0n) is 18.6. The maximum Gasteiger partial charge on any atom is 0.0567 e. The Morgan fingerprint density at radius 3 is 2.18 bits per heavy atom. The van der Waals surface area contributed by atoms with Crippen LogP contribution in [-0.2, 0) is 5.41 Å². The highest BCUT2D eigenvalue weighted by molar-refractivity contribution is 5.84. The summed E-state index contributed by atoms with van der Waals surface area (Å²) in [4.78, 5) is 0. The predicted molar refractivity (Wildman–Crippen MR) is 123 cm³/mol. The second kappa shape index (κ2) is 8.83. The fraction of sp³-hybridized carbons (Fsp3) is 0.440. The van der Waals surface area contributed by atoms with Crippen molar-refractivity contribution in [3.05, 3.63) is 64.9 Å². The Bertz CT molecular complexity index is 843. The predicted octanol–water partition coefficient (Wildman–Crippen LogP) is 5.99. The molecule has 4 N–H and O–H groups in total. The van der Waals surface area contributed by atoms with Gasteiger partial charge < -0.3 is 10.7 Å². The van der Waals surface area contributed by atoms with Gasteiger partial charge in [-0.1, -0.05) is 78.6 Å². The molecule has 3 heteroatoms. The third kappa shape index (κ3) is 4.25. The number of hydrogen-bond donors (Lipinski definition) is 2. The SMILES string of the molecule is CC(C)c1cc2c(cc1/C(N)=C/N(C)N)C(C)(C)c1ccccc1-2.CCCC. The molecule has 0 saturated carbocycles. The summed E-state index contributed by atoms with van der Waals surface area (Å²) in [7, 11) is 1.79. The van der Waals surface area contributed by atoms with Crippen molar-refractivity contribution in [2.75, 3.05) is 7.05 Å². The van der Waals surface area contributed by atoms with Crippen molar-refractivity contribution in [3.8, 4) is 11.1 Å². The molecule has 0 aromatic heterocycles. The van der Waals surface area contributed by atoms with Crippen molar-refractivity contribution in [1.82, 2.24) is 5.01 Å². The molecule has 152 valence electrons. The van der Waals surface area contributed by atoms with Crippen molar-refractivity contribution in [3.63, 3.8) is 0 Å². The van der Waals surface area contributed by atoms with Crippen LogP contribution < -0.4 is 11.6 Å². The van der Waals surface area contributed by atoms with Crippen molar-refractivity contribution >= 4 is 5.70 Å². The fourth-order valence-corrected chi connectivity index (χ4v) is 3.78. The molecule has 0 aliphatic heterocycles. The normalized spacial score (nSPS) is 14.2. The Morgan fingerprint density at radius 2 is 1.64 bits per heavy atom. The molecule has 0 radical (unpaired) electrons. The largest absolute Gasteiger partial charge is 0.397 e. The third-order valence-corrected chi connectivity index (χ3v) is 5.53. The van der Waals surface area contributed by atoms with Gasteiger partial charge in [0.15, 0.2) is 0 Å². The molecule has 0 amide bonds. The summed E-state index contributed by atoms with van der Waals surface area (Å²) in [5.41, 5.74) is 14.8. The lowest BCUT2D eigenvalue weighted by Gasteiger charge is -2.24. The zero-order chi connectivity index (χ0) is 21.1. The van der Waals surface area contributed by atoms with Crippen LogP contribution in [0.4, 0.5) is 0 Å². The van der Waals surface area contributed by atoms with E-state index in [2.05, 4.69) is 77.9 Å². The first-order chi connectivity index (χ1) is 13.1. The summed E-state index contributed by atoms with van der Waals surface area (Å²) in [5.74, 6) is 6.15. The quantitative estimate of drug-likeness (QED) is 0.507. The molecule has 2 aromatic carbocycles. The van der Waals surface area contributed by atoms with Crippen molar-refractivity contribution in [2.24, 2.45) is 11.6 Å². The zero-order valence-corrected chi connectivity index (χ0v) is 18.6. The van der Waals surface area contributed by atoms with E-state index >= 15 is 0 Å². The van der Waals surface area contributed by atoms with E-state index in [-0.39, 0.29) is 5.41 Å². The number of unbranched alkanes of at least 4 members (excludes halogenated alkanes) is 1. The number of hydrogen-bond acceptors (Lipinski definition) is 3. The minimum Gasteiger partial charge on any atom is -0.397 e. The highest BCUT2D eigenvalue weighted by atomic mass is 15.4. The highest BCUT2D eigenvalue weighted by Crippen LogP contribution is 2.50. The lowest BCUT2D eigenvalue weighted by Crippen LogP contribution is -2.21. The van der Waals surface area contributed by atoms with Gasteiger partial charge in [0, 0.05) is 24.2 Å². The molecule has 3 rings (SSSR count). The van der Waals surface area contributed by atoms with Crippen LogP contribution in [0.2, 0.25) is 0 Å². The van der Waals surface area contributed by atoms with Gasteiger partial charge >= 0.3 is 0 Å². The van der Waals surface area contributed by atoms with Crippen LogP contribution in [0.5, 0.6) is 0 Å². The van der Waals surface area contributed by atoms with Gasteiger partial charge in [-0.25, -0.2) is 5.84 Å². The summed E-state index contributed by atoms with van der Waals surface area (Å²) >= 11 is 0. The number of nitrogens with zero attached hydrogens (tertiary/aromatic N) is 1. The van der Waals surface area contributed by atoms with Crippen LogP contribution in [0.15, 0.2) is 42.6 Å². The molecular formula is C25H37N3. The van der Waals surface area contributed by atoms with Gasteiger partial charge in [-0.15, -0.1) is 0 Å². The van der Waals surface area contributed by atoms with Crippen LogP contribution in [0.25, 0.3) is 16.8 Å². The average Bonchev–Trinajstić information content (AvgIpc) is 2.88. The molecule has 0 spiro atoms. The lowest BCUT2D eigenvalue weighted by atomic mass is 9.80. The summed E-state index contributed by atoms with van der Waals surface area (Å²) in [5, 5.41) is 1.51. The molecule has 0 heterocycles. The first-order valence-electron chi connectivity index (χ1n) is 10.4. The number of fused-ring (bicyclic) bond motifs is 3. The molecule has 0 unspecified atom stereocenters. The Kier molecular flexibility index (Phi) is 6.95. The Hall–Kier alpha value is -2.26. The van der Waals surface area contributed by atoms with E-state index in [1.165, 1.54) is 45.7 Å². The third-order valence-electron chi connectivity index (χ3n) is 5.53. The van der Waals surface area contributed by atoms with Gasteiger partial charge in [-0.3, -0.25) is 0 Å². The van der Waals surface area contributed by atoms with Gasteiger partial charge in [-0.05, 0) is 45.9 Å². The first-order valence-corrected chi connectivity index (χ1v) is 10.4. The van der Waals surface area contributed by atoms with Crippen molar-refractivity contribution in [2.45, 2.75) is 65.7 Å². The van der Waals surface area contributed by atoms with Gasteiger partial charge in [0.2, 0.25) is 0 Å². The smallest absolute Gasteiger partial charge is 0.0567 e. The maximum atomic E-state index is 6.36. The van der Waals surface area contributed by atoms with Gasteiger partial charge in [0.05, 0.1) is 5.70 Å². The number of nitrogens with two attached hydrogens (primary N) is 2. The molecule has 0 bridgehead atoms. The van der Waals surface area contributed by atoms with Crippen LogP contribution in [0.3, 0.4) is 0 Å². The first kappa shape index (κ1) is 22.0. The Labute approximate surface area is 171 Å². The van der Waals surface area contributed by atoms with E-state index in [0.717, 1.165) is 5.56 Å². The molecule has 1 aliphatic carbocycles. The number of hydrazine groups is 1. The van der Waals surface area contributed by atoms with Gasteiger partial charge in [-0.2, -0.15) is 0 Å². The van der Waals surface area contributed by atoms with Crippen LogP contribution >= 0.6 is 0 Å². The molecule has 0 fully saturated rings. The molecule has 2 aromatic rings. The summed E-state index contributed by atoms with van der Waals surface area (Å²) in [6.07, 6.45) is 4.42. The lowest BCUT2D eigenvalue weighted by molar-refractivity contribution is 0.486. The molecule has 0 atom stereocenters. The Morgan fingerprint density at radius 1 is 1.04 bits per heavy atom. The van der Waals surface area contributed by atoms with Crippen LogP contribution in [-0.4, -0.2) is 12.1 Å². The summed E-state index contributed by atoms with van der Waals surface area (Å²) in [6.45, 7) is 13.3. The molecule has 0 saturated heterocycles. The van der Waals surface area contributed by atoms with E-state index in [1.807, 2.05) is 0 Å². The van der Waals surface area contributed by atoms with Gasteiger partial charge in [0.1, 0.15) is 0 Å². The Balaban J connectivity index is 0.000000640. The highest BCUT2D eigenvalue weighted by Gasteiger charge is 2.36. The monoisotopic (exact) mass is 379 g/mol. The standard InChI is InChI=1S/C21H27N3.C4H10/c1-13(2)15-10-16-14-8-6-7-9-18(14)21(3,4)19(16)11-17(15)20(22)12-24(5)23;1-3-4-2/h6-13H,22-23H2,1-5H3;3-4H2,1-2H3/b20-12-;. The van der Waals surface area contributed by atoms with Crippen LogP contribution in [0, 0.1) is 0 Å². The number of benzene rings is 2. The minimum absolute atomic E-state index is 0.0227. The van der Waals surface area contributed by atoms with Crippen molar-refractivity contribution < 1.29 is 0 Å². The molecule has 28 heavy (non-hydrogen) atoms. The second-order valence-corrected chi connectivity index (χ2v) is 8.56. The topological polar surface area (TPSA) is 55.3 Å². The summed E-state index contributed by atoms with van der Waals surface area (Å²) in [6, 6.07) is 13.3. The van der Waals surface area contributed by atoms with E-state index in [1.54, 1.807) is 13.2 Å². The van der Waals surface area contributed by atoms with E-state index in [0.29, 0.717) is 11.6 Å². The fourth-order valence-electron chi connectivity index (χ4n) is 3.78. The average molecular weight is 380 g/mol. The van der Waals surface area contributed by atoms with Crippen molar-refractivity contribution in [1.29, 1.82) is 0 Å². The molecule has 3 nitrogen and oxygen atoms in total. The maximum absolute atomic E-state index is 6.36. The van der Waals surface area contributed by atoms with E-state index < -0.39 is 0 Å². The van der Waals surface area contributed by atoms with Gasteiger partial charge in [0.25, 0.3) is 0 Å². The van der Waals surface area contributed by atoms with E-state index in [4.69, 9.17) is 11.6 Å². The second-order valence-electron chi connectivity index (χ2n) is 8.56. The number of rotatable bonds is 4. The van der Waals surface area contributed by atoms with E-state index in [9.17, 15) is 0 Å². The minimum atomic E-state index is -0.0227. The van der Waals surface area contributed by atoms with Crippen LogP contribution in [0.1, 0.15) is 82.6 Å². The molecular weight excluding hydrogens is 342 g/mol. The summed E-state index contributed by atoms with van der Waals surface area (Å²) < 4.78 is 0. The molecule has 1 aliphatic rings.